The zero-order valence-corrected chi connectivity index (χ0v) is 21.1. The quantitative estimate of drug-likeness (QED) is 0.623. The fraction of sp³-hybridized carbons (Fsp3) is 0.464. The van der Waals surface area contributed by atoms with E-state index in [1.54, 1.807) is 19.1 Å². The van der Waals surface area contributed by atoms with Crippen LogP contribution in [0.2, 0.25) is 0 Å². The Morgan fingerprint density at radius 1 is 1.27 bits per heavy atom. The average Bonchev–Trinajstić information content (AvgIpc) is 3.60. The van der Waals surface area contributed by atoms with Gasteiger partial charge in [0.1, 0.15) is 6.54 Å². The summed E-state index contributed by atoms with van der Waals surface area (Å²) in [5, 5.41) is 4.20. The van der Waals surface area contributed by atoms with E-state index < -0.39 is 17.9 Å². The number of rotatable bonds is 3. The first kappa shape index (κ1) is 22.7. The molecule has 3 amide bonds. The second kappa shape index (κ2) is 8.03. The number of fused-ring (bicyclic) bond motifs is 5. The molecule has 1 aromatic carbocycles. The van der Waals surface area contributed by atoms with E-state index in [9.17, 15) is 14.4 Å². The minimum Gasteiger partial charge on any atom is -0.361 e. The molecule has 1 aromatic heterocycles. The average molecular weight is 502 g/mol. The molecule has 1 unspecified atom stereocenters. The highest BCUT2D eigenvalue weighted by atomic mass is 16.6. The molecule has 3 saturated heterocycles. The normalized spacial score (nSPS) is 33.1. The molecule has 1 aliphatic carbocycles. The molecule has 2 N–H and O–H groups in total. The molecule has 5 atom stereocenters. The maximum Gasteiger partial charge on any atom is 0.282 e. The van der Waals surface area contributed by atoms with Gasteiger partial charge in [-0.05, 0) is 62.1 Å². The van der Waals surface area contributed by atoms with Gasteiger partial charge in [0.05, 0.1) is 12.0 Å². The van der Waals surface area contributed by atoms with E-state index in [1.807, 2.05) is 11.0 Å². The molecule has 0 spiro atoms. The Kier molecular flexibility index (Phi) is 4.94. The molecule has 0 radical (unpaired) electrons. The first-order valence-corrected chi connectivity index (χ1v) is 13.2. The molecule has 2 aromatic rings. The summed E-state index contributed by atoms with van der Waals surface area (Å²) < 4.78 is 6.37. The van der Waals surface area contributed by atoms with Gasteiger partial charge in [-0.25, -0.2) is 0 Å². The largest absolute Gasteiger partial charge is 0.361 e. The van der Waals surface area contributed by atoms with Crippen LogP contribution in [0.4, 0.5) is 0 Å². The number of allylic oxidation sites excluding steroid dienone is 1. The third-order valence-corrected chi connectivity index (χ3v) is 8.76. The second-order valence-corrected chi connectivity index (χ2v) is 10.9. The SMILES string of the molecule is CC=C[C@@]1(NC(=O)[C@@H]2C=C3c4cccc5[nH]cc(c45)C[C@H]3N(C)C2)OC2[C@@H]3CCCN3C(=O)CN2C1=O. The molecular weight excluding hydrogens is 470 g/mol. The summed E-state index contributed by atoms with van der Waals surface area (Å²) in [6, 6.07) is 6.27. The van der Waals surface area contributed by atoms with Crippen molar-refractivity contribution in [2.24, 2.45) is 5.92 Å². The van der Waals surface area contributed by atoms with E-state index in [4.69, 9.17) is 4.74 Å². The number of nitrogens with one attached hydrogen (secondary N) is 2. The fourth-order valence-electron chi connectivity index (χ4n) is 7.08. The van der Waals surface area contributed by atoms with Gasteiger partial charge < -0.3 is 24.8 Å². The van der Waals surface area contributed by atoms with Crippen LogP contribution in [-0.2, 0) is 25.5 Å². The summed E-state index contributed by atoms with van der Waals surface area (Å²) in [5.74, 6) is -1.14. The summed E-state index contributed by atoms with van der Waals surface area (Å²) in [6.07, 6.45) is 9.51. The number of aromatic amines is 1. The molecule has 0 saturated carbocycles. The van der Waals surface area contributed by atoms with Gasteiger partial charge in [-0.3, -0.25) is 19.3 Å². The molecule has 192 valence electrons. The molecule has 5 aliphatic rings. The van der Waals surface area contributed by atoms with Crippen molar-refractivity contribution in [3.8, 4) is 0 Å². The fourth-order valence-corrected chi connectivity index (χ4v) is 7.08. The van der Waals surface area contributed by atoms with Crippen molar-refractivity contribution >= 4 is 34.2 Å². The zero-order chi connectivity index (χ0) is 25.5. The number of carbonyl (C=O) groups is 3. The van der Waals surface area contributed by atoms with Crippen molar-refractivity contribution < 1.29 is 19.1 Å². The number of hydrogen-bond acceptors (Lipinski definition) is 5. The molecule has 0 bridgehead atoms. The topological polar surface area (TPSA) is 98.0 Å². The van der Waals surface area contributed by atoms with Crippen molar-refractivity contribution in [2.45, 2.75) is 50.2 Å². The van der Waals surface area contributed by atoms with Crippen LogP contribution in [0.5, 0.6) is 0 Å². The van der Waals surface area contributed by atoms with Crippen LogP contribution in [0.15, 0.2) is 42.6 Å². The van der Waals surface area contributed by atoms with Gasteiger partial charge in [0.15, 0.2) is 6.23 Å². The van der Waals surface area contributed by atoms with Crippen LogP contribution in [0.25, 0.3) is 16.5 Å². The van der Waals surface area contributed by atoms with Crippen LogP contribution in [0.3, 0.4) is 0 Å². The Bertz CT molecular complexity index is 1390. The van der Waals surface area contributed by atoms with E-state index in [0.29, 0.717) is 13.1 Å². The monoisotopic (exact) mass is 501 g/mol. The molecule has 4 aliphatic heterocycles. The van der Waals surface area contributed by atoms with Crippen molar-refractivity contribution in [3.05, 3.63) is 53.8 Å². The molecule has 9 heteroatoms. The number of likely N-dealkylation sites (N-methyl/N-ethyl adjacent to an activating group) is 1. The van der Waals surface area contributed by atoms with Gasteiger partial charge in [-0.15, -0.1) is 0 Å². The third-order valence-electron chi connectivity index (χ3n) is 8.76. The van der Waals surface area contributed by atoms with Crippen molar-refractivity contribution in [2.75, 3.05) is 26.7 Å². The maximum absolute atomic E-state index is 13.8. The number of hydrogen-bond donors (Lipinski definition) is 2. The molecule has 7 rings (SSSR count). The lowest BCUT2D eigenvalue weighted by atomic mass is 9.79. The Morgan fingerprint density at radius 2 is 2.14 bits per heavy atom. The van der Waals surface area contributed by atoms with Crippen LogP contribution in [0.1, 0.15) is 30.9 Å². The van der Waals surface area contributed by atoms with Crippen LogP contribution >= 0.6 is 0 Å². The second-order valence-electron chi connectivity index (χ2n) is 10.9. The molecule has 9 nitrogen and oxygen atoms in total. The summed E-state index contributed by atoms with van der Waals surface area (Å²) in [4.78, 5) is 49.1. The zero-order valence-electron chi connectivity index (χ0n) is 21.1. The lowest BCUT2D eigenvalue weighted by Gasteiger charge is -2.40. The highest BCUT2D eigenvalue weighted by Crippen LogP contribution is 2.41. The predicted molar refractivity (Wildman–Crippen MR) is 137 cm³/mol. The predicted octanol–water partition coefficient (Wildman–Crippen LogP) is 1.62. The van der Waals surface area contributed by atoms with Gasteiger partial charge in [0.2, 0.25) is 17.5 Å². The number of nitrogens with zero attached hydrogens (tertiary/aromatic N) is 3. The van der Waals surface area contributed by atoms with Crippen LogP contribution in [-0.4, -0.2) is 88.1 Å². The molecular formula is C28H31N5O4. The highest BCUT2D eigenvalue weighted by molar-refractivity contribution is 6.01. The molecule has 3 fully saturated rings. The molecule has 5 heterocycles. The lowest BCUT2D eigenvalue weighted by molar-refractivity contribution is -0.155. The van der Waals surface area contributed by atoms with E-state index >= 15 is 0 Å². The number of H-pyrrole nitrogens is 1. The van der Waals surface area contributed by atoms with Crippen molar-refractivity contribution in [1.29, 1.82) is 0 Å². The van der Waals surface area contributed by atoms with Crippen LogP contribution < -0.4 is 5.32 Å². The minimum atomic E-state index is -1.61. The molecule has 37 heavy (non-hydrogen) atoms. The van der Waals surface area contributed by atoms with E-state index in [-0.39, 0.29) is 36.3 Å². The minimum absolute atomic E-state index is 0.0178. The number of ether oxygens (including phenoxy) is 1. The number of benzene rings is 1. The number of piperazine rings is 1. The Labute approximate surface area is 215 Å². The van der Waals surface area contributed by atoms with Gasteiger partial charge in [0.25, 0.3) is 5.91 Å². The number of amides is 3. The van der Waals surface area contributed by atoms with Crippen molar-refractivity contribution in [1.82, 2.24) is 25.0 Å². The van der Waals surface area contributed by atoms with Gasteiger partial charge in [-0.1, -0.05) is 24.3 Å². The van der Waals surface area contributed by atoms with Crippen molar-refractivity contribution in [3.63, 3.8) is 0 Å². The number of carbonyl (C=O) groups excluding carboxylic acids is 3. The maximum atomic E-state index is 13.8. The highest BCUT2D eigenvalue weighted by Gasteiger charge is 2.59. The first-order valence-electron chi connectivity index (χ1n) is 13.2. The lowest BCUT2D eigenvalue weighted by Crippen LogP contribution is -2.59. The van der Waals surface area contributed by atoms with Gasteiger partial charge >= 0.3 is 0 Å². The number of aromatic nitrogens is 1. The standard InChI is InChI=1S/C28H31N5O4/c1-3-9-28(27(36)33-15-23(34)32-10-5-8-21(32)26(33)37-28)30-25(35)17-11-19-18-6-4-7-20-24(18)16(13-29-20)12-22(19)31(2)14-17/h3-4,6-7,9,11,13,17,21-22,26,29H,5,8,10,12,14-15H2,1-2H3,(H,30,35)/t17-,21+,22-,26?,28-/m1/s1. The van der Waals surface area contributed by atoms with E-state index in [1.165, 1.54) is 15.8 Å². The summed E-state index contributed by atoms with van der Waals surface area (Å²) in [5.41, 5.74) is 3.10. The van der Waals surface area contributed by atoms with Gasteiger partial charge in [0, 0.05) is 36.2 Å². The van der Waals surface area contributed by atoms with E-state index in [0.717, 1.165) is 35.9 Å². The Balaban J connectivity index is 1.21. The third kappa shape index (κ3) is 3.20. The van der Waals surface area contributed by atoms with Crippen LogP contribution in [0, 0.1) is 5.92 Å². The first-order chi connectivity index (χ1) is 17.9. The van der Waals surface area contributed by atoms with Gasteiger partial charge in [-0.2, -0.15) is 0 Å². The Hall–Kier alpha value is -3.43. The summed E-state index contributed by atoms with van der Waals surface area (Å²) in [7, 11) is 2.05. The Morgan fingerprint density at radius 3 is 2.97 bits per heavy atom. The summed E-state index contributed by atoms with van der Waals surface area (Å²) in [6.45, 7) is 3.01. The smallest absolute Gasteiger partial charge is 0.282 e. The summed E-state index contributed by atoms with van der Waals surface area (Å²) >= 11 is 0. The van der Waals surface area contributed by atoms with E-state index in [2.05, 4.69) is 46.7 Å².